The maximum Gasteiger partial charge on any atom is 0.410 e. The quantitative estimate of drug-likeness (QED) is 0.879. The van der Waals surface area contributed by atoms with Gasteiger partial charge in [0.25, 0.3) is 0 Å². The van der Waals surface area contributed by atoms with Crippen LogP contribution in [0.3, 0.4) is 0 Å². The van der Waals surface area contributed by atoms with E-state index in [0.717, 1.165) is 12.8 Å². The van der Waals surface area contributed by atoms with Crippen LogP contribution in [0.25, 0.3) is 11.1 Å². The zero-order chi connectivity index (χ0) is 18.9. The van der Waals surface area contributed by atoms with Crippen LogP contribution in [0.5, 0.6) is 5.75 Å². The molecule has 0 saturated carbocycles. The first kappa shape index (κ1) is 18.2. The number of hydrogen-bond acceptors (Lipinski definition) is 4. The molecular weight excluding hydrogens is 337 g/mol. The van der Waals surface area contributed by atoms with E-state index >= 15 is 0 Å². The monoisotopic (exact) mass is 361 g/mol. The van der Waals surface area contributed by atoms with Crippen molar-refractivity contribution in [1.82, 2.24) is 14.7 Å². The molecule has 7 heteroatoms. The minimum absolute atomic E-state index is 0.0192. The van der Waals surface area contributed by atoms with Gasteiger partial charge in [0.05, 0.1) is 12.2 Å². The standard InChI is InChI=1S/C19H24FN3O3/c1-19(2,3)26-18(25)22-8-6-15(7-9-22)23-12-13(11-21-23)16-10-14(20)4-5-17(16)24/h4-5,10-12,15,24H,6-9H2,1-3H3. The van der Waals surface area contributed by atoms with E-state index < -0.39 is 11.4 Å². The summed E-state index contributed by atoms with van der Waals surface area (Å²) in [6, 6.07) is 4.00. The van der Waals surface area contributed by atoms with Crippen molar-refractivity contribution in [3.63, 3.8) is 0 Å². The van der Waals surface area contributed by atoms with Crippen molar-refractivity contribution in [2.75, 3.05) is 13.1 Å². The van der Waals surface area contributed by atoms with Gasteiger partial charge in [-0.3, -0.25) is 4.68 Å². The van der Waals surface area contributed by atoms with E-state index in [1.165, 1.54) is 18.2 Å². The van der Waals surface area contributed by atoms with Gasteiger partial charge in [-0.2, -0.15) is 5.10 Å². The summed E-state index contributed by atoms with van der Waals surface area (Å²) in [6.07, 6.45) is 4.66. The van der Waals surface area contributed by atoms with Crippen LogP contribution in [0.1, 0.15) is 39.7 Å². The number of amides is 1. The number of carbonyl (C=O) groups excluding carboxylic acids is 1. The Kier molecular flexibility index (Phi) is 4.89. The molecular formula is C19H24FN3O3. The number of likely N-dealkylation sites (tertiary alicyclic amines) is 1. The van der Waals surface area contributed by atoms with E-state index in [1.54, 1.807) is 11.1 Å². The molecule has 3 rings (SSSR count). The second-order valence-corrected chi connectivity index (χ2v) is 7.57. The average molecular weight is 361 g/mol. The van der Waals surface area contributed by atoms with E-state index in [2.05, 4.69) is 5.10 Å². The molecule has 1 fully saturated rings. The molecule has 1 amide bonds. The lowest BCUT2D eigenvalue weighted by Crippen LogP contribution is -2.42. The van der Waals surface area contributed by atoms with Gasteiger partial charge < -0.3 is 14.7 Å². The van der Waals surface area contributed by atoms with Crippen molar-refractivity contribution < 1.29 is 19.0 Å². The fourth-order valence-corrected chi connectivity index (χ4v) is 3.06. The van der Waals surface area contributed by atoms with E-state index in [-0.39, 0.29) is 17.9 Å². The minimum atomic E-state index is -0.502. The SMILES string of the molecule is CC(C)(C)OC(=O)N1CCC(n2cc(-c3cc(F)ccc3O)cn2)CC1. The average Bonchev–Trinajstić information content (AvgIpc) is 3.05. The molecule has 1 aliphatic rings. The van der Waals surface area contributed by atoms with Crippen molar-refractivity contribution in [2.24, 2.45) is 0 Å². The van der Waals surface area contributed by atoms with Crippen LogP contribution < -0.4 is 0 Å². The summed E-state index contributed by atoms with van der Waals surface area (Å²) in [7, 11) is 0. The number of piperidine rings is 1. The molecule has 2 heterocycles. The first-order valence-corrected chi connectivity index (χ1v) is 8.74. The van der Waals surface area contributed by atoms with Gasteiger partial charge >= 0.3 is 6.09 Å². The number of phenolic OH excluding ortho intramolecular Hbond substituents is 1. The van der Waals surface area contributed by atoms with E-state index in [0.29, 0.717) is 24.2 Å². The van der Waals surface area contributed by atoms with E-state index in [9.17, 15) is 14.3 Å². The number of ether oxygens (including phenoxy) is 1. The number of benzene rings is 1. The largest absolute Gasteiger partial charge is 0.507 e. The molecule has 6 nitrogen and oxygen atoms in total. The zero-order valence-electron chi connectivity index (χ0n) is 15.3. The summed E-state index contributed by atoms with van der Waals surface area (Å²) in [4.78, 5) is 13.8. The molecule has 1 N–H and O–H groups in total. The Morgan fingerprint density at radius 1 is 1.31 bits per heavy atom. The highest BCUT2D eigenvalue weighted by molar-refractivity contribution is 5.69. The predicted molar refractivity (Wildman–Crippen MR) is 95.4 cm³/mol. The third kappa shape index (κ3) is 4.15. The Hall–Kier alpha value is -2.57. The van der Waals surface area contributed by atoms with Crippen LogP contribution >= 0.6 is 0 Å². The Labute approximate surface area is 152 Å². The highest BCUT2D eigenvalue weighted by Gasteiger charge is 2.28. The zero-order valence-corrected chi connectivity index (χ0v) is 15.3. The third-order valence-corrected chi connectivity index (χ3v) is 4.36. The minimum Gasteiger partial charge on any atom is -0.507 e. The molecule has 26 heavy (non-hydrogen) atoms. The van der Waals surface area contributed by atoms with Crippen molar-refractivity contribution in [2.45, 2.75) is 45.3 Å². The first-order chi connectivity index (χ1) is 12.2. The summed E-state index contributed by atoms with van der Waals surface area (Å²) in [5, 5.41) is 14.3. The molecule has 0 atom stereocenters. The number of hydrogen-bond donors (Lipinski definition) is 1. The van der Waals surface area contributed by atoms with Gasteiger partial charge in [0.2, 0.25) is 0 Å². The highest BCUT2D eigenvalue weighted by atomic mass is 19.1. The van der Waals surface area contributed by atoms with Gasteiger partial charge in [-0.25, -0.2) is 9.18 Å². The maximum absolute atomic E-state index is 13.4. The molecule has 0 bridgehead atoms. The summed E-state index contributed by atoms with van der Waals surface area (Å²) < 4.78 is 20.7. The van der Waals surface area contributed by atoms with Crippen LogP contribution in [0.2, 0.25) is 0 Å². The number of phenols is 1. The summed E-state index contributed by atoms with van der Waals surface area (Å²) in [6.45, 7) is 6.75. The normalized spacial score (nSPS) is 15.9. The van der Waals surface area contributed by atoms with Crippen LogP contribution in [-0.2, 0) is 4.74 Å². The maximum atomic E-state index is 13.4. The number of halogens is 1. The lowest BCUT2D eigenvalue weighted by atomic mass is 10.1. The van der Waals surface area contributed by atoms with Crippen molar-refractivity contribution in [3.8, 4) is 16.9 Å². The lowest BCUT2D eigenvalue weighted by molar-refractivity contribution is 0.0185. The Morgan fingerprint density at radius 2 is 2.00 bits per heavy atom. The van der Waals surface area contributed by atoms with Gasteiger partial charge in [-0.15, -0.1) is 0 Å². The van der Waals surface area contributed by atoms with Gasteiger partial charge in [0.15, 0.2) is 0 Å². The van der Waals surface area contributed by atoms with Gasteiger partial charge in [-0.1, -0.05) is 0 Å². The molecule has 0 spiro atoms. The van der Waals surface area contributed by atoms with E-state index in [4.69, 9.17) is 4.74 Å². The molecule has 2 aromatic rings. The number of aromatic hydroxyl groups is 1. The molecule has 140 valence electrons. The Bertz CT molecular complexity index is 790. The van der Waals surface area contributed by atoms with Gasteiger partial charge in [-0.05, 0) is 51.8 Å². The first-order valence-electron chi connectivity index (χ1n) is 8.74. The second-order valence-electron chi connectivity index (χ2n) is 7.57. The van der Waals surface area contributed by atoms with Crippen LogP contribution in [-0.4, -0.2) is 44.6 Å². The van der Waals surface area contributed by atoms with Gasteiger partial charge in [0.1, 0.15) is 17.2 Å². The fourth-order valence-electron chi connectivity index (χ4n) is 3.06. The number of carbonyl (C=O) groups is 1. The molecule has 1 aliphatic heterocycles. The molecule has 1 saturated heterocycles. The number of rotatable bonds is 2. The van der Waals surface area contributed by atoms with Crippen LogP contribution in [0.15, 0.2) is 30.6 Å². The highest BCUT2D eigenvalue weighted by Crippen LogP contribution is 2.31. The van der Waals surface area contributed by atoms with E-state index in [1.807, 2.05) is 31.6 Å². The molecule has 0 unspecified atom stereocenters. The third-order valence-electron chi connectivity index (χ3n) is 4.36. The Balaban J connectivity index is 1.65. The topological polar surface area (TPSA) is 67.6 Å². The molecule has 1 aromatic carbocycles. The molecule has 1 aromatic heterocycles. The predicted octanol–water partition coefficient (Wildman–Crippen LogP) is 3.97. The van der Waals surface area contributed by atoms with Crippen molar-refractivity contribution >= 4 is 6.09 Å². The van der Waals surface area contributed by atoms with Crippen LogP contribution in [0, 0.1) is 5.82 Å². The molecule has 0 radical (unpaired) electrons. The summed E-state index contributed by atoms with van der Waals surface area (Å²) in [5.41, 5.74) is 0.580. The number of aromatic nitrogens is 2. The lowest BCUT2D eigenvalue weighted by Gasteiger charge is -2.33. The second kappa shape index (κ2) is 6.97. The number of nitrogens with zero attached hydrogens (tertiary/aromatic N) is 3. The van der Waals surface area contributed by atoms with Crippen molar-refractivity contribution in [1.29, 1.82) is 0 Å². The van der Waals surface area contributed by atoms with Gasteiger partial charge in [0, 0.05) is 30.4 Å². The molecule has 0 aliphatic carbocycles. The summed E-state index contributed by atoms with van der Waals surface area (Å²) in [5.74, 6) is -0.387. The fraction of sp³-hybridized carbons (Fsp3) is 0.474. The Morgan fingerprint density at radius 3 is 2.65 bits per heavy atom. The van der Waals surface area contributed by atoms with Crippen molar-refractivity contribution in [3.05, 3.63) is 36.4 Å². The smallest absolute Gasteiger partial charge is 0.410 e. The summed E-state index contributed by atoms with van der Waals surface area (Å²) >= 11 is 0. The van der Waals surface area contributed by atoms with Crippen LogP contribution in [0.4, 0.5) is 9.18 Å².